The molecule has 2 atom stereocenters. The van der Waals surface area contributed by atoms with Gasteiger partial charge in [0.2, 0.25) is 5.91 Å². The Kier molecular flexibility index (Phi) is 3.64. The Labute approximate surface area is 101 Å². The lowest BCUT2D eigenvalue weighted by Crippen LogP contribution is -2.42. The average molecular weight is 234 g/mol. The summed E-state index contributed by atoms with van der Waals surface area (Å²) in [5, 5.41) is 2.93. The van der Waals surface area contributed by atoms with E-state index in [2.05, 4.69) is 5.32 Å². The van der Waals surface area contributed by atoms with Gasteiger partial charge < -0.3 is 15.8 Å². The van der Waals surface area contributed by atoms with Crippen LogP contribution in [0.15, 0.2) is 24.3 Å². The molecular formula is C13H18N2O2. The van der Waals surface area contributed by atoms with Gasteiger partial charge in [0.25, 0.3) is 0 Å². The van der Waals surface area contributed by atoms with Gasteiger partial charge in [-0.1, -0.05) is 31.5 Å². The molecule has 1 aromatic rings. The van der Waals surface area contributed by atoms with Crippen molar-refractivity contribution in [3.63, 3.8) is 0 Å². The number of para-hydroxylation sites is 1. The van der Waals surface area contributed by atoms with Gasteiger partial charge in [0.05, 0.1) is 12.1 Å². The molecule has 3 N–H and O–H groups in total. The number of nitrogens with one attached hydrogen (secondary N) is 1. The quantitative estimate of drug-likeness (QED) is 0.826. The first kappa shape index (κ1) is 11.9. The molecule has 0 fully saturated rings. The summed E-state index contributed by atoms with van der Waals surface area (Å²) in [5.74, 6) is 0.749. The molecule has 0 aliphatic carbocycles. The number of amides is 1. The highest BCUT2D eigenvalue weighted by molar-refractivity contribution is 5.82. The van der Waals surface area contributed by atoms with Crippen molar-refractivity contribution in [1.82, 2.24) is 5.32 Å². The number of rotatable bonds is 4. The van der Waals surface area contributed by atoms with Crippen molar-refractivity contribution in [1.29, 1.82) is 0 Å². The van der Waals surface area contributed by atoms with E-state index in [1.165, 1.54) is 0 Å². The van der Waals surface area contributed by atoms with Gasteiger partial charge in [-0.2, -0.15) is 0 Å². The highest BCUT2D eigenvalue weighted by Gasteiger charge is 2.26. The zero-order valence-corrected chi connectivity index (χ0v) is 9.98. The minimum absolute atomic E-state index is 0.0680. The largest absolute Gasteiger partial charge is 0.491 e. The van der Waals surface area contributed by atoms with Crippen LogP contribution in [0.1, 0.15) is 31.4 Å². The molecule has 17 heavy (non-hydrogen) atoms. The van der Waals surface area contributed by atoms with Gasteiger partial charge in [-0.3, -0.25) is 4.79 Å². The second kappa shape index (κ2) is 5.19. The summed E-state index contributed by atoms with van der Waals surface area (Å²) in [6.45, 7) is 2.51. The summed E-state index contributed by atoms with van der Waals surface area (Å²) in [4.78, 5) is 11.8. The normalized spacial score (nSPS) is 19.3. The Morgan fingerprint density at radius 1 is 1.59 bits per heavy atom. The van der Waals surface area contributed by atoms with Gasteiger partial charge in [0.1, 0.15) is 12.4 Å². The third kappa shape index (κ3) is 2.58. The minimum Gasteiger partial charge on any atom is -0.491 e. The van der Waals surface area contributed by atoms with Crippen LogP contribution in [0.3, 0.4) is 0 Å². The fraction of sp³-hybridized carbons (Fsp3) is 0.462. The highest BCUT2D eigenvalue weighted by Crippen LogP contribution is 2.31. The fourth-order valence-corrected chi connectivity index (χ4v) is 2.00. The molecule has 1 aromatic carbocycles. The maximum absolute atomic E-state index is 11.8. The second-order valence-corrected chi connectivity index (χ2v) is 4.31. The summed E-state index contributed by atoms with van der Waals surface area (Å²) in [6.07, 6.45) is 1.62. The maximum atomic E-state index is 11.8. The topological polar surface area (TPSA) is 64.4 Å². The standard InChI is InChI=1S/C13H18N2O2/c1-2-5-10(14)13(16)15-11-8-17-12-7-4-3-6-9(11)12/h3-4,6-7,10-11H,2,5,8,14H2,1H3,(H,15,16). The smallest absolute Gasteiger partial charge is 0.237 e. The number of ether oxygens (including phenoxy) is 1. The Hall–Kier alpha value is -1.55. The monoisotopic (exact) mass is 234 g/mol. The molecule has 0 saturated heterocycles. The molecule has 1 aliphatic rings. The van der Waals surface area contributed by atoms with Gasteiger partial charge >= 0.3 is 0 Å². The van der Waals surface area contributed by atoms with Crippen LogP contribution in [0.4, 0.5) is 0 Å². The van der Waals surface area contributed by atoms with Gasteiger partial charge in [-0.05, 0) is 12.5 Å². The van der Waals surface area contributed by atoms with Crippen molar-refractivity contribution in [2.24, 2.45) is 5.73 Å². The molecule has 2 unspecified atom stereocenters. The van der Waals surface area contributed by atoms with E-state index < -0.39 is 6.04 Å². The first-order valence-corrected chi connectivity index (χ1v) is 6.00. The first-order chi connectivity index (χ1) is 8.22. The van der Waals surface area contributed by atoms with Crippen molar-refractivity contribution in [2.45, 2.75) is 31.8 Å². The van der Waals surface area contributed by atoms with Crippen LogP contribution in [-0.4, -0.2) is 18.6 Å². The van der Waals surface area contributed by atoms with Crippen LogP contribution in [-0.2, 0) is 4.79 Å². The predicted molar refractivity (Wildman–Crippen MR) is 65.7 cm³/mol. The van der Waals surface area contributed by atoms with Crippen LogP contribution in [0.2, 0.25) is 0 Å². The zero-order chi connectivity index (χ0) is 12.3. The number of benzene rings is 1. The van der Waals surface area contributed by atoms with Crippen molar-refractivity contribution in [2.75, 3.05) is 6.61 Å². The average Bonchev–Trinajstić information content (AvgIpc) is 2.73. The summed E-state index contributed by atoms with van der Waals surface area (Å²) in [5.41, 5.74) is 6.80. The van der Waals surface area contributed by atoms with E-state index in [1.807, 2.05) is 31.2 Å². The second-order valence-electron chi connectivity index (χ2n) is 4.31. The summed E-state index contributed by atoms with van der Waals surface area (Å²) in [7, 11) is 0. The molecule has 2 rings (SSSR count). The summed E-state index contributed by atoms with van der Waals surface area (Å²) < 4.78 is 5.50. The molecule has 0 aromatic heterocycles. The summed E-state index contributed by atoms with van der Waals surface area (Å²) >= 11 is 0. The third-order valence-electron chi connectivity index (χ3n) is 2.95. The summed E-state index contributed by atoms with van der Waals surface area (Å²) in [6, 6.07) is 7.26. The SMILES string of the molecule is CCCC(N)C(=O)NC1COc2ccccc21. The lowest BCUT2D eigenvalue weighted by Gasteiger charge is -2.15. The lowest BCUT2D eigenvalue weighted by atomic mass is 10.1. The Morgan fingerprint density at radius 2 is 2.35 bits per heavy atom. The molecule has 4 heteroatoms. The van der Waals surface area contributed by atoms with E-state index >= 15 is 0 Å². The van der Waals surface area contributed by atoms with Gasteiger partial charge in [-0.15, -0.1) is 0 Å². The zero-order valence-electron chi connectivity index (χ0n) is 9.98. The number of hydrogen-bond donors (Lipinski definition) is 2. The third-order valence-corrected chi connectivity index (χ3v) is 2.95. The molecule has 92 valence electrons. The lowest BCUT2D eigenvalue weighted by molar-refractivity contribution is -0.123. The van der Waals surface area contributed by atoms with E-state index in [-0.39, 0.29) is 11.9 Å². The Bertz CT molecular complexity index is 406. The predicted octanol–water partition coefficient (Wildman–Crippen LogP) is 1.36. The first-order valence-electron chi connectivity index (χ1n) is 6.00. The number of nitrogens with two attached hydrogens (primary N) is 1. The molecule has 0 bridgehead atoms. The van der Waals surface area contributed by atoms with Crippen LogP contribution >= 0.6 is 0 Å². The van der Waals surface area contributed by atoms with Crippen LogP contribution < -0.4 is 15.8 Å². The van der Waals surface area contributed by atoms with Crippen molar-refractivity contribution < 1.29 is 9.53 Å². The van der Waals surface area contributed by atoms with Crippen molar-refractivity contribution in [3.05, 3.63) is 29.8 Å². The molecular weight excluding hydrogens is 216 g/mol. The number of hydrogen-bond acceptors (Lipinski definition) is 3. The molecule has 0 saturated carbocycles. The van der Waals surface area contributed by atoms with E-state index in [1.54, 1.807) is 0 Å². The number of fused-ring (bicyclic) bond motifs is 1. The Morgan fingerprint density at radius 3 is 3.12 bits per heavy atom. The van der Waals surface area contributed by atoms with Crippen molar-refractivity contribution in [3.8, 4) is 5.75 Å². The van der Waals surface area contributed by atoms with E-state index in [9.17, 15) is 4.79 Å². The van der Waals surface area contributed by atoms with Crippen LogP contribution in [0.25, 0.3) is 0 Å². The molecule has 1 heterocycles. The van der Waals surface area contributed by atoms with Gasteiger partial charge in [0, 0.05) is 5.56 Å². The molecule has 1 aliphatic heterocycles. The van der Waals surface area contributed by atoms with E-state index in [0.717, 1.165) is 17.7 Å². The molecule has 0 spiro atoms. The number of carbonyl (C=O) groups is 1. The molecule has 0 radical (unpaired) electrons. The molecule has 4 nitrogen and oxygen atoms in total. The van der Waals surface area contributed by atoms with Crippen molar-refractivity contribution >= 4 is 5.91 Å². The Balaban J connectivity index is 2.00. The van der Waals surface area contributed by atoms with Crippen LogP contribution in [0, 0.1) is 0 Å². The van der Waals surface area contributed by atoms with E-state index in [4.69, 9.17) is 10.5 Å². The fourth-order valence-electron chi connectivity index (χ4n) is 2.00. The molecule has 1 amide bonds. The van der Waals surface area contributed by atoms with Crippen LogP contribution in [0.5, 0.6) is 5.75 Å². The highest BCUT2D eigenvalue weighted by atomic mass is 16.5. The number of carbonyl (C=O) groups excluding carboxylic acids is 1. The van der Waals surface area contributed by atoms with Gasteiger partial charge in [-0.25, -0.2) is 0 Å². The minimum atomic E-state index is -0.423. The van der Waals surface area contributed by atoms with Gasteiger partial charge in [0.15, 0.2) is 0 Å². The van der Waals surface area contributed by atoms with E-state index in [0.29, 0.717) is 13.0 Å². The maximum Gasteiger partial charge on any atom is 0.237 e.